The van der Waals surface area contributed by atoms with Crippen molar-refractivity contribution in [2.45, 2.75) is 0 Å². The molecule has 0 heterocycles. The maximum atomic E-state index is 12.9. The highest BCUT2D eigenvalue weighted by molar-refractivity contribution is 6.30. The normalized spacial score (nSPS) is 10.9. The van der Waals surface area contributed by atoms with Gasteiger partial charge in [-0.2, -0.15) is 0 Å². The molecule has 0 aliphatic heterocycles. The van der Waals surface area contributed by atoms with Crippen molar-refractivity contribution in [2.24, 2.45) is 0 Å². The Morgan fingerprint density at radius 2 is 1.55 bits per heavy atom. The third-order valence-corrected chi connectivity index (χ3v) is 4.32. The molecule has 0 bridgehead atoms. The summed E-state index contributed by atoms with van der Waals surface area (Å²) in [6, 6.07) is 22.6. The van der Waals surface area contributed by atoms with E-state index < -0.39 is 5.91 Å². The second kappa shape index (κ2) is 9.57. The number of carbonyl (C=O) groups excluding carboxylic acids is 2. The van der Waals surface area contributed by atoms with E-state index in [1.54, 1.807) is 78.9 Å². The first-order chi connectivity index (χ1) is 14.1. The van der Waals surface area contributed by atoms with Crippen LogP contribution in [0, 0.1) is 0 Å². The fourth-order valence-electron chi connectivity index (χ4n) is 2.61. The van der Waals surface area contributed by atoms with Crippen LogP contribution in [-0.2, 0) is 4.79 Å². The largest absolute Gasteiger partial charge is 0.495 e. The van der Waals surface area contributed by atoms with Crippen molar-refractivity contribution >= 4 is 35.2 Å². The number of carbonyl (C=O) groups is 2. The number of hydrogen-bond acceptors (Lipinski definition) is 3. The maximum Gasteiger partial charge on any atom is 0.272 e. The van der Waals surface area contributed by atoms with Gasteiger partial charge in [-0.25, -0.2) is 0 Å². The zero-order chi connectivity index (χ0) is 20.6. The van der Waals surface area contributed by atoms with Crippen molar-refractivity contribution in [1.82, 2.24) is 5.32 Å². The number of methoxy groups -OCH3 is 1. The van der Waals surface area contributed by atoms with E-state index in [1.165, 1.54) is 7.11 Å². The molecular weight excluding hydrogens is 388 g/mol. The molecule has 2 N–H and O–H groups in total. The summed E-state index contributed by atoms with van der Waals surface area (Å²) in [5.74, 6) is -0.351. The van der Waals surface area contributed by atoms with E-state index in [2.05, 4.69) is 10.6 Å². The molecule has 2 amide bonds. The van der Waals surface area contributed by atoms with Crippen LogP contribution in [0.4, 0.5) is 5.69 Å². The third kappa shape index (κ3) is 5.46. The number of rotatable bonds is 6. The van der Waals surface area contributed by atoms with Crippen molar-refractivity contribution in [3.05, 3.63) is 101 Å². The molecule has 146 valence electrons. The van der Waals surface area contributed by atoms with Gasteiger partial charge in [-0.3, -0.25) is 9.59 Å². The van der Waals surface area contributed by atoms with Crippen LogP contribution in [0.25, 0.3) is 6.08 Å². The van der Waals surface area contributed by atoms with Crippen LogP contribution < -0.4 is 15.4 Å². The van der Waals surface area contributed by atoms with E-state index in [4.69, 9.17) is 16.3 Å². The quantitative estimate of drug-likeness (QED) is 0.580. The highest BCUT2D eigenvalue weighted by Crippen LogP contribution is 2.23. The molecule has 29 heavy (non-hydrogen) atoms. The number of nitrogens with one attached hydrogen (secondary N) is 2. The van der Waals surface area contributed by atoms with Gasteiger partial charge in [0.25, 0.3) is 11.8 Å². The lowest BCUT2D eigenvalue weighted by Crippen LogP contribution is -2.30. The molecule has 0 spiro atoms. The molecule has 0 fully saturated rings. The van der Waals surface area contributed by atoms with Gasteiger partial charge in [0.1, 0.15) is 11.4 Å². The van der Waals surface area contributed by atoms with Gasteiger partial charge in [0.15, 0.2) is 0 Å². The average molecular weight is 407 g/mol. The predicted molar refractivity (Wildman–Crippen MR) is 115 cm³/mol. The number of para-hydroxylation sites is 2. The Hall–Kier alpha value is -3.57. The zero-order valence-electron chi connectivity index (χ0n) is 15.7. The number of anilines is 1. The van der Waals surface area contributed by atoms with Crippen LogP contribution in [0.1, 0.15) is 15.9 Å². The van der Waals surface area contributed by atoms with Crippen LogP contribution in [0.15, 0.2) is 84.6 Å². The minimum atomic E-state index is -0.478. The monoisotopic (exact) mass is 406 g/mol. The summed E-state index contributed by atoms with van der Waals surface area (Å²) in [6.45, 7) is 0. The highest BCUT2D eigenvalue weighted by atomic mass is 35.5. The number of halogens is 1. The van der Waals surface area contributed by atoms with Crippen LogP contribution in [0.3, 0.4) is 0 Å². The Morgan fingerprint density at radius 3 is 2.24 bits per heavy atom. The van der Waals surface area contributed by atoms with E-state index in [0.29, 0.717) is 27.6 Å². The smallest absolute Gasteiger partial charge is 0.272 e. The predicted octanol–water partition coefficient (Wildman–Crippen LogP) is 4.76. The standard InChI is InChI=1S/C23H19ClN2O3/c1-29-21-10-6-5-9-19(21)25-23(28)20(15-16-11-13-18(24)14-12-16)26-22(27)17-7-3-2-4-8-17/h2-15H,1H3,(H,25,28)(H,26,27)/b20-15-. The van der Waals surface area contributed by atoms with E-state index in [0.717, 1.165) is 0 Å². The molecule has 0 aliphatic rings. The zero-order valence-corrected chi connectivity index (χ0v) is 16.4. The van der Waals surface area contributed by atoms with Gasteiger partial charge >= 0.3 is 0 Å². The summed E-state index contributed by atoms with van der Waals surface area (Å²) in [5, 5.41) is 6.05. The lowest BCUT2D eigenvalue weighted by atomic mass is 10.1. The number of hydrogen-bond donors (Lipinski definition) is 2. The average Bonchev–Trinajstić information content (AvgIpc) is 2.75. The van der Waals surface area contributed by atoms with Crippen LogP contribution in [-0.4, -0.2) is 18.9 Å². The Balaban J connectivity index is 1.90. The lowest BCUT2D eigenvalue weighted by Gasteiger charge is -2.13. The summed E-state index contributed by atoms with van der Waals surface area (Å²) in [7, 11) is 1.52. The summed E-state index contributed by atoms with van der Waals surface area (Å²) < 4.78 is 5.27. The first-order valence-electron chi connectivity index (χ1n) is 8.85. The first kappa shape index (κ1) is 20.2. The van der Waals surface area contributed by atoms with Crippen molar-refractivity contribution < 1.29 is 14.3 Å². The summed E-state index contributed by atoms with van der Waals surface area (Å²) in [6.07, 6.45) is 1.59. The molecule has 0 aliphatic carbocycles. The molecule has 0 atom stereocenters. The minimum absolute atomic E-state index is 0.0899. The summed E-state index contributed by atoms with van der Waals surface area (Å²) in [4.78, 5) is 25.5. The minimum Gasteiger partial charge on any atom is -0.495 e. The molecule has 6 heteroatoms. The highest BCUT2D eigenvalue weighted by Gasteiger charge is 2.16. The second-order valence-electron chi connectivity index (χ2n) is 6.08. The van der Waals surface area contributed by atoms with Crippen molar-refractivity contribution in [1.29, 1.82) is 0 Å². The molecule has 3 rings (SSSR count). The first-order valence-corrected chi connectivity index (χ1v) is 9.22. The molecule has 0 aromatic heterocycles. The number of benzene rings is 3. The van der Waals surface area contributed by atoms with Crippen LogP contribution in [0.5, 0.6) is 5.75 Å². The Bertz CT molecular complexity index is 1030. The summed E-state index contributed by atoms with van der Waals surface area (Å²) in [5.41, 5.74) is 1.75. The molecule has 3 aromatic carbocycles. The molecule has 0 saturated carbocycles. The van der Waals surface area contributed by atoms with Gasteiger partial charge in [0.05, 0.1) is 12.8 Å². The van der Waals surface area contributed by atoms with Gasteiger partial charge in [-0.15, -0.1) is 0 Å². The topological polar surface area (TPSA) is 67.4 Å². The Morgan fingerprint density at radius 1 is 0.897 bits per heavy atom. The molecule has 0 saturated heterocycles. The van der Waals surface area contributed by atoms with E-state index in [9.17, 15) is 9.59 Å². The van der Waals surface area contributed by atoms with Gasteiger partial charge in [-0.1, -0.05) is 54.1 Å². The van der Waals surface area contributed by atoms with E-state index >= 15 is 0 Å². The van der Waals surface area contributed by atoms with Gasteiger partial charge in [0, 0.05) is 10.6 Å². The maximum absolute atomic E-state index is 12.9. The SMILES string of the molecule is COc1ccccc1NC(=O)/C(=C/c1ccc(Cl)cc1)NC(=O)c1ccccc1. The van der Waals surface area contributed by atoms with Crippen LogP contribution >= 0.6 is 11.6 Å². The fourth-order valence-corrected chi connectivity index (χ4v) is 2.73. The second-order valence-corrected chi connectivity index (χ2v) is 6.52. The summed E-state index contributed by atoms with van der Waals surface area (Å²) >= 11 is 5.93. The number of amides is 2. The van der Waals surface area contributed by atoms with Gasteiger partial charge in [-0.05, 0) is 48.0 Å². The van der Waals surface area contributed by atoms with E-state index in [-0.39, 0.29) is 11.6 Å². The Kier molecular flexibility index (Phi) is 6.66. The molecular formula is C23H19ClN2O3. The van der Waals surface area contributed by atoms with Gasteiger partial charge in [0.2, 0.25) is 0 Å². The molecule has 5 nitrogen and oxygen atoms in total. The number of ether oxygens (including phenoxy) is 1. The Labute approximate surface area is 174 Å². The lowest BCUT2D eigenvalue weighted by molar-refractivity contribution is -0.113. The van der Waals surface area contributed by atoms with Crippen molar-refractivity contribution in [3.8, 4) is 5.75 Å². The van der Waals surface area contributed by atoms with Crippen molar-refractivity contribution in [2.75, 3.05) is 12.4 Å². The molecule has 3 aromatic rings. The van der Waals surface area contributed by atoms with Crippen LogP contribution in [0.2, 0.25) is 5.02 Å². The molecule has 0 unspecified atom stereocenters. The van der Waals surface area contributed by atoms with Gasteiger partial charge < -0.3 is 15.4 Å². The molecule has 0 radical (unpaired) electrons. The third-order valence-electron chi connectivity index (χ3n) is 4.06. The van der Waals surface area contributed by atoms with Crippen molar-refractivity contribution in [3.63, 3.8) is 0 Å². The fraction of sp³-hybridized carbons (Fsp3) is 0.0435. The van der Waals surface area contributed by atoms with E-state index in [1.807, 2.05) is 6.07 Å².